The number of hydrogen-bond donors (Lipinski definition) is 1. The molecule has 0 aliphatic heterocycles. The van der Waals surface area contributed by atoms with Crippen LogP contribution in [0.3, 0.4) is 0 Å². The first-order chi connectivity index (χ1) is 7.50. The molecule has 0 bridgehead atoms. The smallest absolute Gasteiger partial charge is 0.324 e. The van der Waals surface area contributed by atoms with E-state index < -0.39 is 0 Å². The van der Waals surface area contributed by atoms with Crippen LogP contribution >= 0.6 is 0 Å². The molecule has 1 aromatic heterocycles. The summed E-state index contributed by atoms with van der Waals surface area (Å²) in [7, 11) is 3.01. The minimum atomic E-state index is -0.0859. The van der Waals surface area contributed by atoms with Crippen molar-refractivity contribution in [3.63, 3.8) is 0 Å². The number of aromatic nitrogens is 3. The van der Waals surface area contributed by atoms with E-state index in [0.717, 1.165) is 6.42 Å². The van der Waals surface area contributed by atoms with Crippen LogP contribution in [0.25, 0.3) is 0 Å². The van der Waals surface area contributed by atoms with E-state index in [4.69, 9.17) is 9.47 Å². The van der Waals surface area contributed by atoms with Gasteiger partial charge in [-0.05, 0) is 20.3 Å². The van der Waals surface area contributed by atoms with Gasteiger partial charge in [0, 0.05) is 5.54 Å². The van der Waals surface area contributed by atoms with E-state index in [-0.39, 0.29) is 17.6 Å². The lowest BCUT2D eigenvalue weighted by atomic mass is 10.0. The van der Waals surface area contributed by atoms with Crippen molar-refractivity contribution in [1.29, 1.82) is 0 Å². The molecule has 0 aliphatic carbocycles. The molecule has 16 heavy (non-hydrogen) atoms. The van der Waals surface area contributed by atoms with Crippen molar-refractivity contribution in [2.24, 2.45) is 0 Å². The van der Waals surface area contributed by atoms with E-state index in [1.165, 1.54) is 14.2 Å². The molecule has 0 saturated heterocycles. The number of ether oxygens (including phenoxy) is 2. The fraction of sp³-hybridized carbons (Fsp3) is 0.700. The maximum absolute atomic E-state index is 4.96. The fourth-order valence-corrected chi connectivity index (χ4v) is 0.968. The van der Waals surface area contributed by atoms with Gasteiger partial charge in [-0.3, -0.25) is 0 Å². The Morgan fingerprint density at radius 1 is 1.06 bits per heavy atom. The van der Waals surface area contributed by atoms with E-state index in [1.54, 1.807) is 0 Å². The summed E-state index contributed by atoms with van der Waals surface area (Å²) < 4.78 is 9.93. The van der Waals surface area contributed by atoms with Gasteiger partial charge in [0.25, 0.3) is 0 Å². The highest BCUT2D eigenvalue weighted by molar-refractivity contribution is 5.30. The monoisotopic (exact) mass is 226 g/mol. The van der Waals surface area contributed by atoms with Gasteiger partial charge in [-0.2, -0.15) is 9.97 Å². The Morgan fingerprint density at radius 2 is 1.56 bits per heavy atom. The Morgan fingerprint density at radius 3 is 1.94 bits per heavy atom. The highest BCUT2D eigenvalue weighted by Crippen LogP contribution is 2.18. The Balaban J connectivity index is 2.95. The van der Waals surface area contributed by atoms with Gasteiger partial charge < -0.3 is 14.8 Å². The average Bonchev–Trinajstić information content (AvgIpc) is 2.28. The highest BCUT2D eigenvalue weighted by atomic mass is 16.5. The normalized spacial score (nSPS) is 11.1. The van der Waals surface area contributed by atoms with Crippen molar-refractivity contribution in [3.05, 3.63) is 0 Å². The van der Waals surface area contributed by atoms with Crippen molar-refractivity contribution in [1.82, 2.24) is 15.0 Å². The zero-order valence-corrected chi connectivity index (χ0v) is 10.4. The van der Waals surface area contributed by atoms with E-state index in [0.29, 0.717) is 5.95 Å². The van der Waals surface area contributed by atoms with Crippen molar-refractivity contribution in [3.8, 4) is 12.0 Å². The molecule has 1 aromatic rings. The first-order valence-corrected chi connectivity index (χ1v) is 5.13. The van der Waals surface area contributed by atoms with Crippen molar-refractivity contribution < 1.29 is 9.47 Å². The zero-order chi connectivity index (χ0) is 12.2. The van der Waals surface area contributed by atoms with Crippen molar-refractivity contribution in [2.75, 3.05) is 19.5 Å². The Kier molecular flexibility index (Phi) is 3.87. The Hall–Kier alpha value is -1.59. The SMILES string of the molecule is CCC(C)(C)Nc1nc(OC)nc(OC)n1. The first kappa shape index (κ1) is 12.5. The maximum Gasteiger partial charge on any atom is 0.324 e. The van der Waals surface area contributed by atoms with Gasteiger partial charge in [-0.1, -0.05) is 6.92 Å². The van der Waals surface area contributed by atoms with E-state index >= 15 is 0 Å². The quantitative estimate of drug-likeness (QED) is 0.820. The summed E-state index contributed by atoms with van der Waals surface area (Å²) in [5.41, 5.74) is -0.0859. The third-order valence-electron chi connectivity index (χ3n) is 2.29. The summed E-state index contributed by atoms with van der Waals surface area (Å²) in [5, 5.41) is 3.20. The molecule has 0 spiro atoms. The second kappa shape index (κ2) is 4.96. The second-order valence-electron chi connectivity index (χ2n) is 3.99. The molecule has 0 atom stereocenters. The molecule has 0 saturated carbocycles. The third-order valence-corrected chi connectivity index (χ3v) is 2.29. The van der Waals surface area contributed by atoms with Gasteiger partial charge in [0.2, 0.25) is 5.95 Å². The van der Waals surface area contributed by atoms with Gasteiger partial charge in [-0.15, -0.1) is 4.98 Å². The molecular weight excluding hydrogens is 208 g/mol. The topological polar surface area (TPSA) is 69.2 Å². The van der Waals surface area contributed by atoms with Crippen LogP contribution in [0.15, 0.2) is 0 Å². The molecule has 6 nitrogen and oxygen atoms in total. The van der Waals surface area contributed by atoms with E-state index in [9.17, 15) is 0 Å². The van der Waals surface area contributed by atoms with Gasteiger partial charge in [0.15, 0.2) is 0 Å². The standard InChI is InChI=1S/C10H18N4O2/c1-6-10(2,3)14-7-11-8(15-4)13-9(12-7)16-5/h6H2,1-5H3,(H,11,12,13,14). The number of rotatable bonds is 5. The van der Waals surface area contributed by atoms with Crippen LogP contribution in [0.4, 0.5) is 5.95 Å². The van der Waals surface area contributed by atoms with Crippen LogP contribution in [0.2, 0.25) is 0 Å². The van der Waals surface area contributed by atoms with E-state index in [1.807, 2.05) is 0 Å². The van der Waals surface area contributed by atoms with Crippen molar-refractivity contribution in [2.45, 2.75) is 32.7 Å². The molecule has 1 N–H and O–H groups in total. The van der Waals surface area contributed by atoms with Crippen LogP contribution in [-0.2, 0) is 0 Å². The number of nitrogens with one attached hydrogen (secondary N) is 1. The lowest BCUT2D eigenvalue weighted by Crippen LogP contribution is -2.30. The molecule has 0 aliphatic rings. The molecule has 1 rings (SSSR count). The minimum Gasteiger partial charge on any atom is -0.467 e. The molecular formula is C10H18N4O2. The Labute approximate surface area is 95.4 Å². The predicted octanol–water partition coefficient (Wildman–Crippen LogP) is 1.49. The lowest BCUT2D eigenvalue weighted by molar-refractivity contribution is 0.340. The number of nitrogens with zero attached hydrogens (tertiary/aromatic N) is 3. The van der Waals surface area contributed by atoms with Crippen LogP contribution in [0.5, 0.6) is 12.0 Å². The summed E-state index contributed by atoms with van der Waals surface area (Å²) >= 11 is 0. The average molecular weight is 226 g/mol. The van der Waals surface area contributed by atoms with Gasteiger partial charge >= 0.3 is 12.0 Å². The van der Waals surface area contributed by atoms with Gasteiger partial charge in [0.05, 0.1) is 14.2 Å². The molecule has 0 unspecified atom stereocenters. The highest BCUT2D eigenvalue weighted by Gasteiger charge is 2.17. The van der Waals surface area contributed by atoms with Crippen LogP contribution in [0, 0.1) is 0 Å². The van der Waals surface area contributed by atoms with Crippen LogP contribution in [0.1, 0.15) is 27.2 Å². The molecule has 1 heterocycles. The predicted molar refractivity (Wildman–Crippen MR) is 60.9 cm³/mol. The molecule has 0 amide bonds. The van der Waals surface area contributed by atoms with Crippen LogP contribution < -0.4 is 14.8 Å². The molecule has 90 valence electrons. The van der Waals surface area contributed by atoms with Crippen molar-refractivity contribution >= 4 is 5.95 Å². The molecule has 0 radical (unpaired) electrons. The zero-order valence-electron chi connectivity index (χ0n) is 10.4. The number of methoxy groups -OCH3 is 2. The molecule has 0 fully saturated rings. The minimum absolute atomic E-state index is 0.0859. The van der Waals surface area contributed by atoms with Gasteiger partial charge in [0.1, 0.15) is 0 Å². The summed E-state index contributed by atoms with van der Waals surface area (Å²) in [6, 6.07) is 0.475. The van der Waals surface area contributed by atoms with Crippen LogP contribution in [-0.4, -0.2) is 34.7 Å². The van der Waals surface area contributed by atoms with Gasteiger partial charge in [-0.25, -0.2) is 0 Å². The van der Waals surface area contributed by atoms with E-state index in [2.05, 4.69) is 41.0 Å². The lowest BCUT2D eigenvalue weighted by Gasteiger charge is -2.24. The fourth-order valence-electron chi connectivity index (χ4n) is 0.968. The summed E-state index contributed by atoms with van der Waals surface area (Å²) in [6.45, 7) is 6.22. The molecule has 6 heteroatoms. The number of hydrogen-bond acceptors (Lipinski definition) is 6. The molecule has 0 aromatic carbocycles. The maximum atomic E-state index is 4.96. The largest absolute Gasteiger partial charge is 0.467 e. The summed E-state index contributed by atoms with van der Waals surface area (Å²) in [4.78, 5) is 12.1. The third kappa shape index (κ3) is 3.22. The number of anilines is 1. The first-order valence-electron chi connectivity index (χ1n) is 5.13. The Bertz CT molecular complexity index is 332. The second-order valence-corrected chi connectivity index (χ2v) is 3.99. The summed E-state index contributed by atoms with van der Waals surface area (Å²) in [6.07, 6.45) is 0.948. The summed E-state index contributed by atoms with van der Waals surface area (Å²) in [5.74, 6) is 0.454.